The number of benzene rings is 1. The van der Waals surface area contributed by atoms with Gasteiger partial charge in [-0.25, -0.2) is 0 Å². The summed E-state index contributed by atoms with van der Waals surface area (Å²) in [6.07, 6.45) is 4.39. The van der Waals surface area contributed by atoms with Gasteiger partial charge >= 0.3 is 5.97 Å². The van der Waals surface area contributed by atoms with Gasteiger partial charge in [0.15, 0.2) is 0 Å². The van der Waals surface area contributed by atoms with Crippen molar-refractivity contribution in [1.82, 2.24) is 5.32 Å². The van der Waals surface area contributed by atoms with Gasteiger partial charge in [0, 0.05) is 12.0 Å². The molecule has 1 atom stereocenters. The van der Waals surface area contributed by atoms with Crippen molar-refractivity contribution in [3.8, 4) is 0 Å². The highest BCUT2D eigenvalue weighted by Crippen LogP contribution is 2.37. The summed E-state index contributed by atoms with van der Waals surface area (Å²) in [7, 11) is 0. The van der Waals surface area contributed by atoms with E-state index in [1.807, 2.05) is 38.1 Å². The molecule has 0 radical (unpaired) electrons. The van der Waals surface area contributed by atoms with Crippen LogP contribution in [0.5, 0.6) is 0 Å². The van der Waals surface area contributed by atoms with Crippen LogP contribution in [0, 0.1) is 18.3 Å². The Morgan fingerprint density at radius 1 is 1.32 bits per heavy atom. The largest absolute Gasteiger partial charge is 0.481 e. The first-order valence-electron chi connectivity index (χ1n) is 7.97. The van der Waals surface area contributed by atoms with Crippen molar-refractivity contribution in [2.45, 2.75) is 46.0 Å². The van der Waals surface area contributed by atoms with Crippen molar-refractivity contribution in [2.75, 3.05) is 6.54 Å². The molecule has 1 fully saturated rings. The molecule has 1 aromatic carbocycles. The fraction of sp³-hybridized carbons (Fsp3) is 0.556. The third-order valence-electron chi connectivity index (χ3n) is 4.68. The average Bonchev–Trinajstić information content (AvgIpc) is 2.91. The molecule has 1 amide bonds. The lowest BCUT2D eigenvalue weighted by Gasteiger charge is -2.23. The molecule has 1 aromatic rings. The average molecular weight is 303 g/mol. The third kappa shape index (κ3) is 4.09. The number of hydrogen-bond acceptors (Lipinski definition) is 2. The molecule has 1 unspecified atom stereocenters. The van der Waals surface area contributed by atoms with Crippen molar-refractivity contribution in [3.05, 3.63) is 35.4 Å². The molecule has 0 aliphatic heterocycles. The molecule has 1 aliphatic carbocycles. The Bertz CT molecular complexity index is 547. The van der Waals surface area contributed by atoms with Crippen LogP contribution < -0.4 is 5.32 Å². The summed E-state index contributed by atoms with van der Waals surface area (Å²) < 4.78 is 0. The Balaban J connectivity index is 1.94. The molecular formula is C18H25NO3. The van der Waals surface area contributed by atoms with Crippen LogP contribution in [0.1, 0.15) is 43.7 Å². The molecule has 0 heterocycles. The topological polar surface area (TPSA) is 66.4 Å². The quantitative estimate of drug-likeness (QED) is 0.849. The maximum Gasteiger partial charge on any atom is 0.308 e. The van der Waals surface area contributed by atoms with E-state index in [1.54, 1.807) is 0 Å². The second-order valence-corrected chi connectivity index (χ2v) is 6.71. The molecule has 2 rings (SSSR count). The molecular weight excluding hydrogens is 278 g/mol. The first kappa shape index (κ1) is 16.5. The van der Waals surface area contributed by atoms with E-state index in [1.165, 1.54) is 0 Å². The van der Waals surface area contributed by atoms with Crippen molar-refractivity contribution in [3.63, 3.8) is 0 Å². The van der Waals surface area contributed by atoms with Gasteiger partial charge in [-0.1, -0.05) is 49.6 Å². The summed E-state index contributed by atoms with van der Waals surface area (Å²) >= 11 is 0. The number of nitrogens with one attached hydrogen (secondary N) is 1. The monoisotopic (exact) mass is 303 g/mol. The lowest BCUT2D eigenvalue weighted by atomic mass is 9.87. The summed E-state index contributed by atoms with van der Waals surface area (Å²) in [5.41, 5.74) is 1.80. The molecule has 4 heteroatoms. The Labute approximate surface area is 131 Å². The van der Waals surface area contributed by atoms with Crippen molar-refractivity contribution in [2.24, 2.45) is 11.3 Å². The minimum absolute atomic E-state index is 0.000456. The van der Waals surface area contributed by atoms with Crippen LogP contribution in [0.2, 0.25) is 0 Å². The van der Waals surface area contributed by atoms with Gasteiger partial charge in [0.1, 0.15) is 0 Å². The highest BCUT2D eigenvalue weighted by molar-refractivity contribution is 5.83. The molecule has 22 heavy (non-hydrogen) atoms. The van der Waals surface area contributed by atoms with Crippen LogP contribution in [0.4, 0.5) is 0 Å². The number of carbonyl (C=O) groups is 2. The maximum absolute atomic E-state index is 12.3. The van der Waals surface area contributed by atoms with Crippen LogP contribution in [-0.4, -0.2) is 23.5 Å². The Morgan fingerprint density at radius 2 is 2.00 bits per heavy atom. The van der Waals surface area contributed by atoms with E-state index < -0.39 is 11.9 Å². The van der Waals surface area contributed by atoms with Gasteiger partial charge in [0.25, 0.3) is 0 Å². The van der Waals surface area contributed by atoms with Crippen LogP contribution in [0.15, 0.2) is 24.3 Å². The molecule has 0 aromatic heterocycles. The zero-order valence-corrected chi connectivity index (χ0v) is 13.4. The molecule has 1 saturated carbocycles. The Kier molecular flexibility index (Phi) is 5.22. The van der Waals surface area contributed by atoms with Crippen molar-refractivity contribution >= 4 is 11.9 Å². The van der Waals surface area contributed by atoms with Gasteiger partial charge in [0.2, 0.25) is 5.91 Å². The normalized spacial score (nSPS) is 17.9. The SMILES string of the molecule is Cc1cccc(CC(CNC(=O)C2(C)CCCC2)C(=O)O)c1. The number of hydrogen-bond donors (Lipinski definition) is 2. The number of rotatable bonds is 6. The Morgan fingerprint density at radius 3 is 2.59 bits per heavy atom. The number of carbonyl (C=O) groups excluding carboxylic acids is 1. The minimum Gasteiger partial charge on any atom is -0.481 e. The highest BCUT2D eigenvalue weighted by Gasteiger charge is 2.36. The van der Waals surface area contributed by atoms with Crippen molar-refractivity contribution < 1.29 is 14.7 Å². The summed E-state index contributed by atoms with van der Waals surface area (Å²) in [6, 6.07) is 7.85. The molecule has 0 bridgehead atoms. The van der Waals surface area contributed by atoms with Crippen LogP contribution in [-0.2, 0) is 16.0 Å². The van der Waals surface area contributed by atoms with E-state index in [9.17, 15) is 14.7 Å². The second-order valence-electron chi connectivity index (χ2n) is 6.71. The lowest BCUT2D eigenvalue weighted by Crippen LogP contribution is -2.41. The van der Waals surface area contributed by atoms with E-state index in [0.717, 1.165) is 36.8 Å². The van der Waals surface area contributed by atoms with Gasteiger partial charge in [-0.15, -0.1) is 0 Å². The van der Waals surface area contributed by atoms with Gasteiger partial charge in [-0.3, -0.25) is 9.59 Å². The van der Waals surface area contributed by atoms with E-state index in [0.29, 0.717) is 6.42 Å². The molecule has 0 spiro atoms. The number of amides is 1. The third-order valence-corrected chi connectivity index (χ3v) is 4.68. The molecule has 120 valence electrons. The smallest absolute Gasteiger partial charge is 0.308 e. The van der Waals surface area contributed by atoms with E-state index in [-0.39, 0.29) is 17.9 Å². The first-order valence-corrected chi connectivity index (χ1v) is 7.97. The van der Waals surface area contributed by atoms with Crippen LogP contribution in [0.25, 0.3) is 0 Å². The number of aryl methyl sites for hydroxylation is 1. The van der Waals surface area contributed by atoms with Crippen LogP contribution in [0.3, 0.4) is 0 Å². The summed E-state index contributed by atoms with van der Waals surface area (Å²) in [6.45, 7) is 4.16. The van der Waals surface area contributed by atoms with Gasteiger partial charge in [-0.05, 0) is 31.7 Å². The fourth-order valence-electron chi connectivity index (χ4n) is 3.18. The zero-order chi connectivity index (χ0) is 16.2. The second kappa shape index (κ2) is 6.95. The molecule has 2 N–H and O–H groups in total. The predicted molar refractivity (Wildman–Crippen MR) is 85.6 cm³/mol. The lowest BCUT2D eigenvalue weighted by molar-refractivity contribution is -0.141. The summed E-state index contributed by atoms with van der Waals surface area (Å²) in [5.74, 6) is -1.45. The molecule has 1 aliphatic rings. The first-order chi connectivity index (χ1) is 10.4. The van der Waals surface area contributed by atoms with Gasteiger partial charge < -0.3 is 10.4 Å². The highest BCUT2D eigenvalue weighted by atomic mass is 16.4. The van der Waals surface area contributed by atoms with Gasteiger partial charge in [-0.2, -0.15) is 0 Å². The number of aliphatic carboxylic acids is 1. The minimum atomic E-state index is -0.863. The standard InChI is InChI=1S/C18H25NO3/c1-13-6-5-7-14(10-13)11-15(16(20)21)12-19-17(22)18(2)8-3-4-9-18/h5-7,10,15H,3-4,8-9,11-12H2,1-2H3,(H,19,22)(H,20,21). The van der Waals surface area contributed by atoms with Gasteiger partial charge in [0.05, 0.1) is 5.92 Å². The Hall–Kier alpha value is -1.84. The molecule has 4 nitrogen and oxygen atoms in total. The van der Waals surface area contributed by atoms with E-state index >= 15 is 0 Å². The summed E-state index contributed by atoms with van der Waals surface area (Å²) in [5, 5.41) is 12.3. The summed E-state index contributed by atoms with van der Waals surface area (Å²) in [4.78, 5) is 23.7. The van der Waals surface area contributed by atoms with E-state index in [4.69, 9.17) is 0 Å². The van der Waals surface area contributed by atoms with Crippen molar-refractivity contribution in [1.29, 1.82) is 0 Å². The predicted octanol–water partition coefficient (Wildman–Crippen LogP) is 2.93. The zero-order valence-electron chi connectivity index (χ0n) is 13.4. The van der Waals surface area contributed by atoms with Crippen LogP contribution >= 0.6 is 0 Å². The maximum atomic E-state index is 12.3. The fourth-order valence-corrected chi connectivity index (χ4v) is 3.18. The number of carboxylic acids is 1. The molecule has 0 saturated heterocycles. The number of carboxylic acid groups (broad SMARTS) is 1. The van der Waals surface area contributed by atoms with E-state index in [2.05, 4.69) is 5.32 Å².